The summed E-state index contributed by atoms with van der Waals surface area (Å²) in [5.74, 6) is 4.60. The van der Waals surface area contributed by atoms with Crippen LogP contribution in [0, 0.1) is 17.7 Å². The largest absolute Gasteiger partial charge is 0.320 e. The average molecular weight is 269 g/mol. The highest BCUT2D eigenvalue weighted by molar-refractivity contribution is 6.04. The Balaban J connectivity index is 2.12. The van der Waals surface area contributed by atoms with E-state index in [1.165, 1.54) is 12.3 Å². The van der Waals surface area contributed by atoms with Crippen LogP contribution in [-0.2, 0) is 0 Å². The van der Waals surface area contributed by atoms with Gasteiger partial charge < -0.3 is 11.1 Å². The maximum absolute atomic E-state index is 13.4. The van der Waals surface area contributed by atoms with Crippen molar-refractivity contribution >= 4 is 11.6 Å². The molecule has 0 aliphatic rings. The number of pyridine rings is 1. The van der Waals surface area contributed by atoms with Gasteiger partial charge in [-0.05, 0) is 30.3 Å². The SMILES string of the molecule is NCC#Cc1ccc(C(=O)Nc2ccncc2F)cc1. The van der Waals surface area contributed by atoms with E-state index in [0.717, 1.165) is 11.8 Å². The van der Waals surface area contributed by atoms with Crippen molar-refractivity contribution in [2.24, 2.45) is 5.73 Å². The second kappa shape index (κ2) is 6.45. The maximum atomic E-state index is 13.4. The minimum atomic E-state index is -0.578. The monoisotopic (exact) mass is 269 g/mol. The van der Waals surface area contributed by atoms with Crippen LogP contribution in [0.15, 0.2) is 42.7 Å². The van der Waals surface area contributed by atoms with Crippen molar-refractivity contribution in [3.63, 3.8) is 0 Å². The van der Waals surface area contributed by atoms with Crippen LogP contribution in [0.1, 0.15) is 15.9 Å². The molecule has 0 atom stereocenters. The van der Waals surface area contributed by atoms with Crippen LogP contribution in [0.3, 0.4) is 0 Å². The Morgan fingerprint density at radius 2 is 2.05 bits per heavy atom. The van der Waals surface area contributed by atoms with Crippen molar-refractivity contribution in [3.8, 4) is 11.8 Å². The highest BCUT2D eigenvalue weighted by Crippen LogP contribution is 2.13. The second-order valence-corrected chi connectivity index (χ2v) is 3.89. The van der Waals surface area contributed by atoms with Gasteiger partial charge in [0.05, 0.1) is 18.4 Å². The summed E-state index contributed by atoms with van der Waals surface area (Å²) in [4.78, 5) is 15.6. The Hall–Kier alpha value is -2.71. The first-order valence-electron chi connectivity index (χ1n) is 5.90. The van der Waals surface area contributed by atoms with Crippen LogP contribution >= 0.6 is 0 Å². The molecule has 0 spiro atoms. The molecular formula is C15H12FN3O. The van der Waals surface area contributed by atoms with E-state index in [4.69, 9.17) is 5.73 Å². The summed E-state index contributed by atoms with van der Waals surface area (Å²) in [7, 11) is 0. The number of nitrogens with two attached hydrogens (primary N) is 1. The standard InChI is InChI=1S/C15H12FN3O/c16-13-10-18-9-7-14(13)19-15(20)12-5-3-11(4-6-12)2-1-8-17/h3-7,9-10H,8,17H2,(H,18,19,20). The van der Waals surface area contributed by atoms with Crippen LogP contribution in [-0.4, -0.2) is 17.4 Å². The van der Waals surface area contributed by atoms with Gasteiger partial charge in [0.15, 0.2) is 5.82 Å². The van der Waals surface area contributed by atoms with Gasteiger partial charge >= 0.3 is 0 Å². The van der Waals surface area contributed by atoms with Crippen molar-refractivity contribution in [2.75, 3.05) is 11.9 Å². The first-order valence-corrected chi connectivity index (χ1v) is 5.90. The van der Waals surface area contributed by atoms with Gasteiger partial charge in [0.25, 0.3) is 5.91 Å². The minimum absolute atomic E-state index is 0.0944. The second-order valence-electron chi connectivity index (χ2n) is 3.89. The van der Waals surface area contributed by atoms with Crippen LogP contribution in [0.4, 0.5) is 10.1 Å². The number of rotatable bonds is 2. The molecule has 1 aromatic carbocycles. The number of halogens is 1. The molecule has 1 amide bonds. The number of carbonyl (C=O) groups is 1. The van der Waals surface area contributed by atoms with Gasteiger partial charge in [0, 0.05) is 17.3 Å². The number of hydrogen-bond acceptors (Lipinski definition) is 3. The van der Waals surface area contributed by atoms with Crippen molar-refractivity contribution in [3.05, 3.63) is 59.7 Å². The van der Waals surface area contributed by atoms with Gasteiger partial charge in [-0.3, -0.25) is 9.78 Å². The van der Waals surface area contributed by atoms with Gasteiger partial charge in [-0.25, -0.2) is 4.39 Å². The Bertz CT molecular complexity index is 672. The fraction of sp³-hybridized carbons (Fsp3) is 0.0667. The third-order valence-corrected chi connectivity index (χ3v) is 2.50. The summed E-state index contributed by atoms with van der Waals surface area (Å²) >= 11 is 0. The number of aromatic nitrogens is 1. The van der Waals surface area contributed by atoms with E-state index in [2.05, 4.69) is 22.1 Å². The molecule has 0 aliphatic carbocycles. The molecule has 3 N–H and O–H groups in total. The molecule has 0 saturated heterocycles. The van der Waals surface area contributed by atoms with Gasteiger partial charge in [-0.2, -0.15) is 0 Å². The Morgan fingerprint density at radius 3 is 2.70 bits per heavy atom. The number of anilines is 1. The summed E-state index contributed by atoms with van der Waals surface area (Å²) in [6.45, 7) is 0.281. The molecule has 4 nitrogen and oxygen atoms in total. The summed E-state index contributed by atoms with van der Waals surface area (Å²) in [5.41, 5.74) is 6.55. The highest BCUT2D eigenvalue weighted by Gasteiger charge is 2.08. The normalized spacial score (nSPS) is 9.50. The lowest BCUT2D eigenvalue weighted by Crippen LogP contribution is -2.13. The molecule has 0 bridgehead atoms. The molecule has 2 aromatic rings. The number of hydrogen-bond donors (Lipinski definition) is 2. The third kappa shape index (κ3) is 3.40. The van der Waals surface area contributed by atoms with E-state index < -0.39 is 11.7 Å². The summed E-state index contributed by atoms with van der Waals surface area (Å²) in [6.07, 6.45) is 2.45. The lowest BCUT2D eigenvalue weighted by Gasteiger charge is -2.05. The number of amides is 1. The molecule has 0 fully saturated rings. The van der Waals surface area contributed by atoms with Crippen molar-refractivity contribution in [1.29, 1.82) is 0 Å². The summed E-state index contributed by atoms with van der Waals surface area (Å²) < 4.78 is 13.4. The zero-order valence-corrected chi connectivity index (χ0v) is 10.6. The van der Waals surface area contributed by atoms with Gasteiger partial charge in [-0.1, -0.05) is 11.8 Å². The van der Waals surface area contributed by atoms with Crippen LogP contribution in [0.2, 0.25) is 0 Å². The predicted molar refractivity (Wildman–Crippen MR) is 74.5 cm³/mol. The van der Waals surface area contributed by atoms with E-state index in [1.54, 1.807) is 24.3 Å². The van der Waals surface area contributed by atoms with Crippen LogP contribution in [0.5, 0.6) is 0 Å². The lowest BCUT2D eigenvalue weighted by molar-refractivity contribution is 0.102. The summed E-state index contributed by atoms with van der Waals surface area (Å²) in [6, 6.07) is 8.05. The van der Waals surface area contributed by atoms with Gasteiger partial charge in [0.2, 0.25) is 0 Å². The molecule has 1 aromatic heterocycles. The molecule has 0 unspecified atom stereocenters. The van der Waals surface area contributed by atoms with Crippen LogP contribution in [0.25, 0.3) is 0 Å². The number of carbonyl (C=O) groups excluding carboxylic acids is 1. The zero-order chi connectivity index (χ0) is 14.4. The first-order chi connectivity index (χ1) is 9.70. The Labute approximate surface area is 115 Å². The highest BCUT2D eigenvalue weighted by atomic mass is 19.1. The Kier molecular flexibility index (Phi) is 4.43. The van der Waals surface area contributed by atoms with Crippen molar-refractivity contribution < 1.29 is 9.18 Å². The van der Waals surface area contributed by atoms with E-state index in [1.807, 2.05) is 0 Å². The molecular weight excluding hydrogens is 257 g/mol. The van der Waals surface area contributed by atoms with Crippen molar-refractivity contribution in [2.45, 2.75) is 0 Å². The quantitative estimate of drug-likeness (QED) is 0.817. The number of nitrogens with one attached hydrogen (secondary N) is 1. The molecule has 0 radical (unpaired) electrons. The zero-order valence-electron chi connectivity index (χ0n) is 10.6. The fourth-order valence-corrected chi connectivity index (χ4v) is 1.53. The smallest absolute Gasteiger partial charge is 0.255 e. The molecule has 20 heavy (non-hydrogen) atoms. The first kappa shape index (κ1) is 13.7. The van der Waals surface area contributed by atoms with E-state index in [0.29, 0.717) is 5.56 Å². The fourth-order valence-electron chi connectivity index (χ4n) is 1.53. The van der Waals surface area contributed by atoms with E-state index in [9.17, 15) is 9.18 Å². The minimum Gasteiger partial charge on any atom is -0.320 e. The van der Waals surface area contributed by atoms with Gasteiger partial charge in [-0.15, -0.1) is 0 Å². The topological polar surface area (TPSA) is 68.0 Å². The molecule has 100 valence electrons. The molecule has 5 heteroatoms. The predicted octanol–water partition coefficient (Wildman–Crippen LogP) is 1.78. The maximum Gasteiger partial charge on any atom is 0.255 e. The third-order valence-electron chi connectivity index (χ3n) is 2.50. The average Bonchev–Trinajstić information content (AvgIpc) is 2.48. The van der Waals surface area contributed by atoms with Crippen molar-refractivity contribution in [1.82, 2.24) is 4.98 Å². The van der Waals surface area contributed by atoms with E-state index >= 15 is 0 Å². The van der Waals surface area contributed by atoms with Gasteiger partial charge in [0.1, 0.15) is 0 Å². The molecule has 2 rings (SSSR count). The number of nitrogens with zero attached hydrogens (tertiary/aromatic N) is 1. The molecule has 0 saturated carbocycles. The molecule has 0 aliphatic heterocycles. The number of benzene rings is 1. The summed E-state index contributed by atoms with van der Waals surface area (Å²) in [5, 5.41) is 2.48. The molecule has 1 heterocycles. The van der Waals surface area contributed by atoms with E-state index in [-0.39, 0.29) is 12.2 Å². The van der Waals surface area contributed by atoms with Crippen LogP contribution < -0.4 is 11.1 Å². The Morgan fingerprint density at radius 1 is 1.30 bits per heavy atom. The lowest BCUT2D eigenvalue weighted by atomic mass is 10.1.